The predicted octanol–water partition coefficient (Wildman–Crippen LogP) is 8.63. The van der Waals surface area contributed by atoms with Gasteiger partial charge in [-0.05, 0) is 55.7 Å². The lowest BCUT2D eigenvalue weighted by molar-refractivity contribution is -0.697. The van der Waals surface area contributed by atoms with Gasteiger partial charge in [-0.3, -0.25) is 0 Å². The Bertz CT molecular complexity index is 983. The number of alkyl halides is 1. The molecule has 2 aromatic rings. The van der Waals surface area contributed by atoms with Gasteiger partial charge in [0.25, 0.3) is 0 Å². The van der Waals surface area contributed by atoms with Gasteiger partial charge in [-0.2, -0.15) is 0 Å². The van der Waals surface area contributed by atoms with Crippen molar-refractivity contribution in [3.05, 3.63) is 52.8 Å². The Morgan fingerprint density at radius 3 is 2.03 bits per heavy atom. The van der Waals surface area contributed by atoms with Crippen LogP contribution in [0.25, 0.3) is 12.2 Å². The third-order valence-corrected chi connectivity index (χ3v) is 8.76. The molecule has 4 rings (SSSR count). The van der Waals surface area contributed by atoms with Gasteiger partial charge in [0.1, 0.15) is 12.3 Å². The first-order valence-electron chi connectivity index (χ1n) is 15.1. The lowest BCUT2D eigenvalue weighted by Crippen LogP contribution is -2.34. The average Bonchev–Trinajstić information content (AvgIpc) is 2.93. The monoisotopic (exact) mass is 567 g/mol. The van der Waals surface area contributed by atoms with E-state index in [0.29, 0.717) is 5.75 Å². The minimum Gasteiger partial charge on any atom is -0.507 e. The Morgan fingerprint density at radius 1 is 0.784 bits per heavy atom. The maximum Gasteiger partial charge on any atom is 0.169 e. The summed E-state index contributed by atoms with van der Waals surface area (Å²) in [5.74, 6) is 0.494. The van der Waals surface area contributed by atoms with E-state index < -0.39 is 0 Å². The number of phenolic OH excluding ortho intramolecular Hbond substituents is 1. The lowest BCUT2D eigenvalue weighted by atomic mass is 9.89. The van der Waals surface area contributed by atoms with Crippen molar-refractivity contribution in [3.63, 3.8) is 0 Å². The summed E-state index contributed by atoms with van der Waals surface area (Å²) in [7, 11) is 0. The molecule has 1 N–H and O–H groups in total. The number of unbranched alkanes of at least 4 members (excludes halogenated alkanes) is 11. The van der Waals surface area contributed by atoms with Crippen molar-refractivity contribution in [2.75, 3.05) is 23.3 Å². The molecule has 0 saturated carbocycles. The van der Waals surface area contributed by atoms with Crippen LogP contribution in [0.15, 0.2) is 30.6 Å². The summed E-state index contributed by atoms with van der Waals surface area (Å²) in [6.07, 6.45) is 29.7. The van der Waals surface area contributed by atoms with Crippen LogP contribution in [0.3, 0.4) is 0 Å². The highest BCUT2D eigenvalue weighted by Gasteiger charge is 2.27. The second-order valence-corrected chi connectivity index (χ2v) is 11.9. The molecule has 2 aliphatic rings. The van der Waals surface area contributed by atoms with Crippen molar-refractivity contribution in [1.29, 1.82) is 0 Å². The lowest BCUT2D eigenvalue weighted by Gasteiger charge is -2.37. The molecular weight excluding hydrogens is 520 g/mol. The van der Waals surface area contributed by atoms with Crippen LogP contribution in [0, 0.1) is 0 Å². The molecule has 0 bridgehead atoms. The van der Waals surface area contributed by atoms with Gasteiger partial charge in [-0.1, -0.05) is 85.9 Å². The van der Waals surface area contributed by atoms with Crippen molar-refractivity contribution in [2.45, 2.75) is 109 Å². The van der Waals surface area contributed by atoms with Gasteiger partial charge in [0.05, 0.1) is 0 Å². The number of aromatic nitrogens is 1. The maximum absolute atomic E-state index is 11.0. The van der Waals surface area contributed by atoms with Crippen LogP contribution in [-0.2, 0) is 19.4 Å². The molecular formula is C33H48BrN2O+. The van der Waals surface area contributed by atoms with E-state index >= 15 is 0 Å². The fourth-order valence-corrected chi connectivity index (χ4v) is 6.46. The van der Waals surface area contributed by atoms with Crippen LogP contribution in [0.1, 0.15) is 112 Å². The third-order valence-electron chi connectivity index (χ3n) is 8.20. The van der Waals surface area contributed by atoms with Crippen LogP contribution < -0.4 is 9.47 Å². The third kappa shape index (κ3) is 8.60. The summed E-state index contributed by atoms with van der Waals surface area (Å²) < 4.78 is 2.31. The fourth-order valence-electron chi connectivity index (χ4n) is 6.07. The molecule has 0 unspecified atom stereocenters. The second-order valence-electron chi connectivity index (χ2n) is 11.1. The largest absolute Gasteiger partial charge is 0.507 e. The summed E-state index contributed by atoms with van der Waals surface area (Å²) in [5.41, 5.74) is 6.08. The summed E-state index contributed by atoms with van der Waals surface area (Å²) in [5, 5.41) is 12.1. The quantitative estimate of drug-likeness (QED) is 0.125. The Kier molecular flexibility index (Phi) is 11.9. The zero-order chi connectivity index (χ0) is 25.7. The van der Waals surface area contributed by atoms with Crippen LogP contribution in [0.2, 0.25) is 0 Å². The first-order chi connectivity index (χ1) is 18.3. The van der Waals surface area contributed by atoms with Crippen molar-refractivity contribution in [2.24, 2.45) is 0 Å². The number of halogens is 1. The number of aryl methyl sites for hydroxylation is 2. The fraction of sp³-hybridized carbons (Fsp3) is 0.606. The van der Waals surface area contributed by atoms with Crippen LogP contribution in [0.4, 0.5) is 5.69 Å². The summed E-state index contributed by atoms with van der Waals surface area (Å²) in [6, 6.07) is 6.60. The smallest absolute Gasteiger partial charge is 0.169 e. The van der Waals surface area contributed by atoms with Crippen LogP contribution in [-0.4, -0.2) is 23.5 Å². The molecule has 0 aliphatic carbocycles. The molecule has 3 nitrogen and oxygen atoms in total. The maximum atomic E-state index is 11.0. The number of rotatable bonds is 16. The topological polar surface area (TPSA) is 27.4 Å². The van der Waals surface area contributed by atoms with Gasteiger partial charge in [-0.15, -0.1) is 0 Å². The Balaban J connectivity index is 1.14. The summed E-state index contributed by atoms with van der Waals surface area (Å²) in [4.78, 5) is 2.48. The molecule has 0 amide bonds. The molecule has 2 aliphatic heterocycles. The van der Waals surface area contributed by atoms with Gasteiger partial charge in [0.15, 0.2) is 12.4 Å². The number of aromatic hydroxyl groups is 1. The van der Waals surface area contributed by atoms with Crippen LogP contribution >= 0.6 is 15.9 Å². The average molecular weight is 569 g/mol. The Hall–Kier alpha value is -1.81. The van der Waals surface area contributed by atoms with Crippen molar-refractivity contribution >= 4 is 33.8 Å². The first-order valence-corrected chi connectivity index (χ1v) is 16.2. The minimum atomic E-state index is 0.494. The summed E-state index contributed by atoms with van der Waals surface area (Å²) >= 11 is 3.51. The summed E-state index contributed by atoms with van der Waals surface area (Å²) in [6.45, 7) is 3.37. The number of hydrogen-bond acceptors (Lipinski definition) is 2. The van der Waals surface area contributed by atoms with E-state index in [0.717, 1.165) is 49.8 Å². The van der Waals surface area contributed by atoms with Crippen LogP contribution in [0.5, 0.6) is 5.75 Å². The zero-order valence-electron chi connectivity index (χ0n) is 22.9. The number of pyridine rings is 1. The van der Waals surface area contributed by atoms with E-state index in [1.807, 2.05) is 0 Å². The molecule has 1 aromatic carbocycles. The van der Waals surface area contributed by atoms with Gasteiger partial charge in [0.2, 0.25) is 0 Å². The highest BCUT2D eigenvalue weighted by molar-refractivity contribution is 9.09. The number of anilines is 1. The molecule has 3 heterocycles. The van der Waals surface area contributed by atoms with Crippen molar-refractivity contribution in [3.8, 4) is 5.75 Å². The minimum absolute atomic E-state index is 0.494. The molecule has 0 radical (unpaired) electrons. The first kappa shape index (κ1) is 28.2. The standard InChI is InChI=1S/C33H47BrN2O/c34-21-11-9-7-5-3-1-2-4-6-8-10-12-22-35-25-19-28(20-26-35)17-18-30-27-29-15-13-23-36-24-14-16-31(32(29)36)33(30)37/h17-20,25-27H,1-16,21-24H2/p+1. The molecule has 0 spiro atoms. The van der Waals surface area contributed by atoms with E-state index in [2.05, 4.69) is 68.1 Å². The van der Waals surface area contributed by atoms with E-state index in [1.165, 1.54) is 106 Å². The number of nitrogens with zero attached hydrogens (tertiary/aromatic N) is 2. The highest BCUT2D eigenvalue weighted by atomic mass is 79.9. The number of benzene rings is 1. The second kappa shape index (κ2) is 15.6. The van der Waals surface area contributed by atoms with Gasteiger partial charge < -0.3 is 10.0 Å². The molecule has 202 valence electrons. The van der Waals surface area contributed by atoms with Gasteiger partial charge in [0, 0.05) is 53.8 Å². The number of phenols is 1. The Labute approximate surface area is 234 Å². The molecule has 37 heavy (non-hydrogen) atoms. The van der Waals surface area contributed by atoms with Gasteiger partial charge >= 0.3 is 0 Å². The highest BCUT2D eigenvalue weighted by Crippen LogP contribution is 2.42. The normalized spacial score (nSPS) is 14.9. The van der Waals surface area contributed by atoms with Gasteiger partial charge in [-0.25, -0.2) is 4.57 Å². The zero-order valence-corrected chi connectivity index (χ0v) is 24.5. The molecule has 4 heteroatoms. The predicted molar refractivity (Wildman–Crippen MR) is 162 cm³/mol. The molecule has 0 saturated heterocycles. The van der Waals surface area contributed by atoms with E-state index in [-0.39, 0.29) is 0 Å². The van der Waals surface area contributed by atoms with Crippen molar-refractivity contribution in [1.82, 2.24) is 0 Å². The molecule has 0 atom stereocenters. The number of hydrogen-bond donors (Lipinski definition) is 1. The van der Waals surface area contributed by atoms with Crippen molar-refractivity contribution < 1.29 is 9.67 Å². The molecule has 0 fully saturated rings. The Morgan fingerprint density at radius 2 is 1.38 bits per heavy atom. The molecule has 1 aromatic heterocycles. The van der Waals surface area contributed by atoms with E-state index in [9.17, 15) is 5.11 Å². The van der Waals surface area contributed by atoms with E-state index in [4.69, 9.17) is 0 Å². The van der Waals surface area contributed by atoms with E-state index in [1.54, 1.807) is 0 Å². The SMILES string of the molecule is Oc1c(/C=C/c2cc[n+](CCCCCCCCCCCCCCBr)cc2)cc2c3c1CCCN3CCC2.